The van der Waals surface area contributed by atoms with E-state index in [0.717, 1.165) is 38.9 Å². The first-order valence-corrected chi connectivity index (χ1v) is 6.78. The average Bonchev–Trinajstić information content (AvgIpc) is 2.35. The van der Waals surface area contributed by atoms with Crippen LogP contribution in [0.4, 0.5) is 0 Å². The van der Waals surface area contributed by atoms with Gasteiger partial charge in [0.1, 0.15) is 0 Å². The van der Waals surface area contributed by atoms with E-state index < -0.39 is 0 Å². The molecule has 1 atom stereocenters. The molecule has 1 aliphatic rings. The molecule has 1 saturated heterocycles. The molecular weight excluding hydrogens is 214 g/mol. The van der Waals surface area contributed by atoms with Gasteiger partial charge in [-0.05, 0) is 51.2 Å². The molecule has 1 heterocycles. The molecule has 0 radical (unpaired) electrons. The summed E-state index contributed by atoms with van der Waals surface area (Å²) in [5.41, 5.74) is 5.16. The van der Waals surface area contributed by atoms with Gasteiger partial charge < -0.3 is 16.4 Å². The van der Waals surface area contributed by atoms with Crippen molar-refractivity contribution in [3.8, 4) is 0 Å². The summed E-state index contributed by atoms with van der Waals surface area (Å²) >= 11 is 0. The number of carbonyl (C=O) groups is 1. The maximum Gasteiger partial charge on any atom is 0.225 e. The molecule has 100 valence electrons. The zero-order chi connectivity index (χ0) is 12.7. The van der Waals surface area contributed by atoms with E-state index in [1.807, 2.05) is 0 Å². The summed E-state index contributed by atoms with van der Waals surface area (Å²) in [6.45, 7) is 7.62. The highest BCUT2D eigenvalue weighted by molar-refractivity contribution is 5.82. The summed E-state index contributed by atoms with van der Waals surface area (Å²) in [5, 5.41) is 6.41. The molecule has 1 unspecified atom stereocenters. The van der Waals surface area contributed by atoms with Crippen LogP contribution < -0.4 is 16.4 Å². The maximum absolute atomic E-state index is 12.2. The SMILES string of the molecule is CC(C)(C(=O)NCCCCN)C1CCCNC1. The molecule has 0 saturated carbocycles. The van der Waals surface area contributed by atoms with Crippen LogP contribution in [0.2, 0.25) is 0 Å². The fourth-order valence-electron chi connectivity index (χ4n) is 2.35. The summed E-state index contributed by atoms with van der Waals surface area (Å²) in [4.78, 5) is 12.2. The number of unbranched alkanes of at least 4 members (excludes halogenated alkanes) is 1. The van der Waals surface area contributed by atoms with Crippen LogP contribution in [-0.4, -0.2) is 32.1 Å². The van der Waals surface area contributed by atoms with Gasteiger partial charge >= 0.3 is 0 Å². The molecule has 0 bridgehead atoms. The first kappa shape index (κ1) is 14.5. The molecule has 1 rings (SSSR count). The van der Waals surface area contributed by atoms with Gasteiger partial charge in [-0.1, -0.05) is 13.8 Å². The molecule has 1 fully saturated rings. The standard InChI is InChI=1S/C13H27N3O/c1-13(2,11-6-5-8-15-10-11)12(17)16-9-4-3-7-14/h11,15H,3-10,14H2,1-2H3,(H,16,17). The fraction of sp³-hybridized carbons (Fsp3) is 0.923. The van der Waals surface area contributed by atoms with E-state index in [1.165, 1.54) is 6.42 Å². The van der Waals surface area contributed by atoms with Crippen LogP contribution >= 0.6 is 0 Å². The second-order valence-electron chi connectivity index (χ2n) is 5.52. The van der Waals surface area contributed by atoms with Gasteiger partial charge in [-0.25, -0.2) is 0 Å². The Morgan fingerprint density at radius 2 is 2.24 bits per heavy atom. The molecule has 0 aliphatic carbocycles. The fourth-order valence-corrected chi connectivity index (χ4v) is 2.35. The third kappa shape index (κ3) is 4.28. The lowest BCUT2D eigenvalue weighted by Gasteiger charge is -2.36. The molecule has 0 aromatic carbocycles. The highest BCUT2D eigenvalue weighted by Crippen LogP contribution is 2.31. The largest absolute Gasteiger partial charge is 0.356 e. The summed E-state index contributed by atoms with van der Waals surface area (Å²) in [5.74, 6) is 0.633. The smallest absolute Gasteiger partial charge is 0.225 e. The Labute approximate surface area is 105 Å². The van der Waals surface area contributed by atoms with E-state index in [2.05, 4.69) is 24.5 Å². The monoisotopic (exact) mass is 241 g/mol. The third-order valence-electron chi connectivity index (χ3n) is 3.82. The van der Waals surface area contributed by atoms with E-state index in [-0.39, 0.29) is 11.3 Å². The van der Waals surface area contributed by atoms with Crippen molar-refractivity contribution in [2.75, 3.05) is 26.2 Å². The van der Waals surface area contributed by atoms with Gasteiger partial charge in [-0.15, -0.1) is 0 Å². The maximum atomic E-state index is 12.2. The minimum absolute atomic E-state index is 0.184. The summed E-state index contributed by atoms with van der Waals surface area (Å²) < 4.78 is 0. The highest BCUT2D eigenvalue weighted by atomic mass is 16.2. The Morgan fingerprint density at radius 1 is 1.47 bits per heavy atom. The van der Waals surface area contributed by atoms with Crippen molar-refractivity contribution in [3.63, 3.8) is 0 Å². The van der Waals surface area contributed by atoms with Crippen molar-refractivity contribution in [2.24, 2.45) is 17.1 Å². The molecule has 0 aromatic rings. The number of hydrogen-bond donors (Lipinski definition) is 3. The zero-order valence-electron chi connectivity index (χ0n) is 11.2. The molecule has 1 amide bonds. The van der Waals surface area contributed by atoms with Gasteiger partial charge in [0.15, 0.2) is 0 Å². The molecule has 1 aliphatic heterocycles. The van der Waals surface area contributed by atoms with Crippen molar-refractivity contribution in [3.05, 3.63) is 0 Å². The predicted molar refractivity (Wildman–Crippen MR) is 70.7 cm³/mol. The molecule has 17 heavy (non-hydrogen) atoms. The minimum atomic E-state index is -0.268. The lowest BCUT2D eigenvalue weighted by Crippen LogP contribution is -2.47. The van der Waals surface area contributed by atoms with Gasteiger partial charge in [-0.3, -0.25) is 4.79 Å². The van der Waals surface area contributed by atoms with E-state index in [0.29, 0.717) is 12.5 Å². The van der Waals surface area contributed by atoms with Gasteiger partial charge in [0.2, 0.25) is 5.91 Å². The Morgan fingerprint density at radius 3 is 2.82 bits per heavy atom. The van der Waals surface area contributed by atoms with Gasteiger partial charge in [-0.2, -0.15) is 0 Å². The number of carbonyl (C=O) groups excluding carboxylic acids is 1. The first-order chi connectivity index (χ1) is 8.09. The number of hydrogen-bond acceptors (Lipinski definition) is 3. The second kappa shape index (κ2) is 6.97. The number of amides is 1. The molecule has 4 nitrogen and oxygen atoms in total. The number of rotatable bonds is 6. The van der Waals surface area contributed by atoms with Crippen molar-refractivity contribution < 1.29 is 4.79 Å². The zero-order valence-corrected chi connectivity index (χ0v) is 11.2. The molecule has 0 spiro atoms. The first-order valence-electron chi connectivity index (χ1n) is 6.78. The van der Waals surface area contributed by atoms with Gasteiger partial charge in [0.25, 0.3) is 0 Å². The van der Waals surface area contributed by atoms with Crippen LogP contribution in [0.1, 0.15) is 39.5 Å². The molecule has 4 heteroatoms. The molecular formula is C13H27N3O. The van der Waals surface area contributed by atoms with Crippen molar-refractivity contribution in [1.82, 2.24) is 10.6 Å². The lowest BCUT2D eigenvalue weighted by atomic mass is 9.74. The summed E-state index contributed by atoms with van der Waals surface area (Å²) in [6, 6.07) is 0. The average molecular weight is 241 g/mol. The topological polar surface area (TPSA) is 67.2 Å². The highest BCUT2D eigenvalue weighted by Gasteiger charge is 2.36. The van der Waals surface area contributed by atoms with Crippen LogP contribution in [0, 0.1) is 11.3 Å². The number of piperidine rings is 1. The van der Waals surface area contributed by atoms with Crippen molar-refractivity contribution >= 4 is 5.91 Å². The minimum Gasteiger partial charge on any atom is -0.356 e. The number of nitrogens with two attached hydrogens (primary N) is 1. The quantitative estimate of drug-likeness (QED) is 0.604. The van der Waals surface area contributed by atoms with Crippen molar-refractivity contribution in [1.29, 1.82) is 0 Å². The Bertz CT molecular complexity index is 235. The van der Waals surface area contributed by atoms with E-state index in [9.17, 15) is 4.79 Å². The van der Waals surface area contributed by atoms with Crippen LogP contribution in [0.25, 0.3) is 0 Å². The van der Waals surface area contributed by atoms with Gasteiger partial charge in [0.05, 0.1) is 0 Å². The van der Waals surface area contributed by atoms with Crippen LogP contribution in [0.3, 0.4) is 0 Å². The van der Waals surface area contributed by atoms with Gasteiger partial charge in [0, 0.05) is 12.0 Å². The Kier molecular flexibility index (Phi) is 5.92. The third-order valence-corrected chi connectivity index (χ3v) is 3.82. The van der Waals surface area contributed by atoms with E-state index in [4.69, 9.17) is 5.73 Å². The van der Waals surface area contributed by atoms with Crippen LogP contribution in [0.15, 0.2) is 0 Å². The van der Waals surface area contributed by atoms with Crippen LogP contribution in [-0.2, 0) is 4.79 Å². The number of nitrogens with one attached hydrogen (secondary N) is 2. The Balaban J connectivity index is 2.36. The van der Waals surface area contributed by atoms with E-state index >= 15 is 0 Å². The van der Waals surface area contributed by atoms with Crippen LogP contribution in [0.5, 0.6) is 0 Å². The lowest BCUT2D eigenvalue weighted by molar-refractivity contribution is -0.132. The summed E-state index contributed by atoms with van der Waals surface area (Å²) in [6.07, 6.45) is 4.28. The normalized spacial score (nSPS) is 21.2. The predicted octanol–water partition coefficient (Wildman–Crippen LogP) is 0.867. The molecule has 0 aromatic heterocycles. The summed E-state index contributed by atoms with van der Waals surface area (Å²) in [7, 11) is 0. The molecule has 4 N–H and O–H groups in total. The Hall–Kier alpha value is -0.610. The van der Waals surface area contributed by atoms with Crippen molar-refractivity contribution in [2.45, 2.75) is 39.5 Å². The second-order valence-corrected chi connectivity index (χ2v) is 5.52. The van der Waals surface area contributed by atoms with E-state index in [1.54, 1.807) is 0 Å².